The first-order valence-electron chi connectivity index (χ1n) is 11.7. The standard InChI is InChI=1S/C25H33FN2O3/c1-16-6-5-7-17-14-21-22(23(29)25(16,17)2)18(24(30)31-21)15-27-10-12-28(13-11-27)20-9-4-3-8-19(20)26/h3-4,7-9,16,18,21-23,29H,5-6,10-15H2,1-2H3/t16-,18-,21-,22-,23-,25-/m1/s1. The van der Waals surface area contributed by atoms with E-state index in [-0.39, 0.29) is 35.1 Å². The monoisotopic (exact) mass is 428 g/mol. The number of hydrogen-bond acceptors (Lipinski definition) is 5. The lowest BCUT2D eigenvalue weighted by atomic mass is 9.55. The summed E-state index contributed by atoms with van der Waals surface area (Å²) in [5.74, 6) is -0.417. The number of piperazine rings is 1. The van der Waals surface area contributed by atoms with E-state index in [1.54, 1.807) is 6.07 Å². The molecule has 1 aromatic rings. The summed E-state index contributed by atoms with van der Waals surface area (Å²) in [4.78, 5) is 17.2. The second kappa shape index (κ2) is 7.89. The fourth-order valence-electron chi connectivity index (χ4n) is 6.43. The third kappa shape index (κ3) is 3.39. The van der Waals surface area contributed by atoms with E-state index in [4.69, 9.17) is 4.74 Å². The molecule has 0 radical (unpaired) electrons. The Morgan fingerprint density at radius 3 is 2.71 bits per heavy atom. The number of aliphatic hydroxyl groups is 1. The Kier molecular flexibility index (Phi) is 5.33. The maximum Gasteiger partial charge on any atom is 0.311 e. The number of esters is 1. The van der Waals surface area contributed by atoms with E-state index in [0.29, 0.717) is 18.2 Å². The number of benzene rings is 1. The van der Waals surface area contributed by atoms with Gasteiger partial charge >= 0.3 is 5.97 Å². The number of aliphatic hydroxyl groups excluding tert-OH is 1. The summed E-state index contributed by atoms with van der Waals surface area (Å²) >= 11 is 0. The lowest BCUT2D eigenvalue weighted by molar-refractivity contribution is -0.145. The molecular weight excluding hydrogens is 395 g/mol. The van der Waals surface area contributed by atoms with Crippen LogP contribution in [0.3, 0.4) is 0 Å². The number of allylic oxidation sites excluding steroid dienone is 1. The van der Waals surface area contributed by atoms with Crippen LogP contribution in [0.25, 0.3) is 0 Å². The number of carbonyl (C=O) groups is 1. The molecule has 6 atom stereocenters. The first kappa shape index (κ1) is 21.0. The van der Waals surface area contributed by atoms with Crippen LogP contribution >= 0.6 is 0 Å². The van der Waals surface area contributed by atoms with Gasteiger partial charge < -0.3 is 14.7 Å². The van der Waals surface area contributed by atoms with Crippen LogP contribution in [0, 0.1) is 29.0 Å². The van der Waals surface area contributed by atoms with Gasteiger partial charge in [-0.1, -0.05) is 37.6 Å². The fourth-order valence-corrected chi connectivity index (χ4v) is 6.43. The number of ether oxygens (including phenoxy) is 1. The van der Waals surface area contributed by atoms with Crippen LogP contribution in [-0.4, -0.2) is 60.9 Å². The highest BCUT2D eigenvalue weighted by Gasteiger charge is 2.59. The Morgan fingerprint density at radius 2 is 1.97 bits per heavy atom. The van der Waals surface area contributed by atoms with Crippen LogP contribution in [0.2, 0.25) is 0 Å². The molecule has 1 aromatic carbocycles. The normalized spacial score (nSPS) is 38.3. The van der Waals surface area contributed by atoms with E-state index < -0.39 is 6.10 Å². The van der Waals surface area contributed by atoms with Crippen molar-refractivity contribution in [1.82, 2.24) is 4.90 Å². The van der Waals surface area contributed by atoms with Crippen molar-refractivity contribution < 1.29 is 19.0 Å². The zero-order valence-electron chi connectivity index (χ0n) is 18.5. The molecule has 1 saturated carbocycles. The van der Waals surface area contributed by atoms with E-state index in [1.165, 1.54) is 11.6 Å². The predicted octanol–water partition coefficient (Wildman–Crippen LogP) is 3.23. The fraction of sp³-hybridized carbons (Fsp3) is 0.640. The molecule has 2 heterocycles. The van der Waals surface area contributed by atoms with Crippen molar-refractivity contribution in [3.63, 3.8) is 0 Å². The highest BCUT2D eigenvalue weighted by Crippen LogP contribution is 2.56. The van der Waals surface area contributed by atoms with Crippen molar-refractivity contribution in [2.24, 2.45) is 23.2 Å². The number of nitrogens with zero attached hydrogens (tertiary/aromatic N) is 2. The molecular formula is C25H33FN2O3. The average Bonchev–Trinajstić information content (AvgIpc) is 3.06. The van der Waals surface area contributed by atoms with Gasteiger partial charge in [0.25, 0.3) is 0 Å². The summed E-state index contributed by atoms with van der Waals surface area (Å²) in [5, 5.41) is 11.5. The minimum atomic E-state index is -0.566. The van der Waals surface area contributed by atoms with Gasteiger partial charge in [-0.05, 0) is 30.9 Å². The van der Waals surface area contributed by atoms with Crippen molar-refractivity contribution in [1.29, 1.82) is 0 Å². The number of fused-ring (bicyclic) bond motifs is 2. The zero-order valence-corrected chi connectivity index (χ0v) is 18.5. The molecule has 2 saturated heterocycles. The highest BCUT2D eigenvalue weighted by molar-refractivity contribution is 5.76. The maximum absolute atomic E-state index is 14.1. The van der Waals surface area contributed by atoms with E-state index in [1.807, 2.05) is 12.1 Å². The Labute approximate surface area is 183 Å². The van der Waals surface area contributed by atoms with Crippen molar-refractivity contribution in [2.75, 3.05) is 37.6 Å². The molecule has 4 aliphatic rings. The van der Waals surface area contributed by atoms with Crippen LogP contribution < -0.4 is 4.90 Å². The molecule has 5 rings (SSSR count). The van der Waals surface area contributed by atoms with Gasteiger partial charge in [0.2, 0.25) is 0 Å². The largest absolute Gasteiger partial charge is 0.461 e. The molecule has 31 heavy (non-hydrogen) atoms. The van der Waals surface area contributed by atoms with Crippen LogP contribution in [0.5, 0.6) is 0 Å². The van der Waals surface area contributed by atoms with Gasteiger partial charge in [0.15, 0.2) is 0 Å². The van der Waals surface area contributed by atoms with Gasteiger partial charge in [-0.25, -0.2) is 4.39 Å². The Hall–Kier alpha value is -1.92. The van der Waals surface area contributed by atoms with Crippen molar-refractivity contribution in [3.8, 4) is 0 Å². The SMILES string of the molecule is C[C@@H]1CCC=C2C[C@H]3OC(=O)[C@H](CN4CCN(c5ccccc5F)CC4)[C@H]3[C@@H](O)[C@@]21C. The summed E-state index contributed by atoms with van der Waals surface area (Å²) in [6.07, 6.45) is 4.36. The third-order valence-electron chi connectivity index (χ3n) is 8.59. The third-order valence-corrected chi connectivity index (χ3v) is 8.59. The van der Waals surface area contributed by atoms with Crippen LogP contribution in [-0.2, 0) is 9.53 Å². The molecule has 0 bridgehead atoms. The van der Waals surface area contributed by atoms with E-state index in [0.717, 1.165) is 45.4 Å². The molecule has 5 nitrogen and oxygen atoms in total. The average molecular weight is 429 g/mol. The van der Waals surface area contributed by atoms with Crippen LogP contribution in [0.1, 0.15) is 33.1 Å². The Morgan fingerprint density at radius 1 is 1.23 bits per heavy atom. The van der Waals surface area contributed by atoms with Gasteiger partial charge in [-0.15, -0.1) is 0 Å². The van der Waals surface area contributed by atoms with Gasteiger partial charge in [-0.2, -0.15) is 0 Å². The van der Waals surface area contributed by atoms with Crippen molar-refractivity contribution in [3.05, 3.63) is 41.7 Å². The number of para-hydroxylation sites is 1. The predicted molar refractivity (Wildman–Crippen MR) is 117 cm³/mol. The molecule has 0 spiro atoms. The lowest BCUT2D eigenvalue weighted by Gasteiger charge is -2.52. The second-order valence-electron chi connectivity index (χ2n) is 10.0. The highest BCUT2D eigenvalue weighted by atomic mass is 19.1. The number of carbonyl (C=O) groups excluding carboxylic acids is 1. The van der Waals surface area contributed by atoms with Gasteiger partial charge in [-0.3, -0.25) is 9.69 Å². The van der Waals surface area contributed by atoms with E-state index >= 15 is 0 Å². The lowest BCUT2D eigenvalue weighted by Crippen LogP contribution is -2.55. The molecule has 2 aliphatic carbocycles. The molecule has 0 unspecified atom stereocenters. The van der Waals surface area contributed by atoms with Gasteiger partial charge in [0.05, 0.1) is 17.7 Å². The first-order valence-corrected chi connectivity index (χ1v) is 11.7. The minimum Gasteiger partial charge on any atom is -0.461 e. The Bertz CT molecular complexity index is 881. The summed E-state index contributed by atoms with van der Waals surface area (Å²) in [7, 11) is 0. The molecule has 168 valence electrons. The molecule has 0 aromatic heterocycles. The molecule has 3 fully saturated rings. The van der Waals surface area contributed by atoms with E-state index in [2.05, 4.69) is 29.7 Å². The minimum absolute atomic E-state index is 0.153. The molecule has 2 aliphatic heterocycles. The topological polar surface area (TPSA) is 53.0 Å². The quantitative estimate of drug-likeness (QED) is 0.592. The number of hydrogen-bond donors (Lipinski definition) is 1. The Balaban J connectivity index is 1.28. The van der Waals surface area contributed by atoms with Gasteiger partial charge in [0.1, 0.15) is 11.9 Å². The summed E-state index contributed by atoms with van der Waals surface area (Å²) in [5.41, 5.74) is 1.64. The van der Waals surface area contributed by atoms with Crippen molar-refractivity contribution in [2.45, 2.75) is 45.3 Å². The summed E-state index contributed by atoms with van der Waals surface area (Å²) < 4.78 is 19.9. The maximum atomic E-state index is 14.1. The molecule has 6 heteroatoms. The second-order valence-corrected chi connectivity index (χ2v) is 10.0. The molecule has 0 amide bonds. The summed E-state index contributed by atoms with van der Waals surface area (Å²) in [6, 6.07) is 6.89. The molecule has 1 N–H and O–H groups in total. The van der Waals surface area contributed by atoms with Crippen molar-refractivity contribution >= 4 is 11.7 Å². The zero-order chi connectivity index (χ0) is 21.8. The number of rotatable bonds is 3. The smallest absolute Gasteiger partial charge is 0.311 e. The van der Waals surface area contributed by atoms with Crippen LogP contribution in [0.4, 0.5) is 10.1 Å². The van der Waals surface area contributed by atoms with Gasteiger partial charge in [0, 0.05) is 50.5 Å². The van der Waals surface area contributed by atoms with E-state index in [9.17, 15) is 14.3 Å². The van der Waals surface area contributed by atoms with Crippen LogP contribution in [0.15, 0.2) is 35.9 Å². The number of anilines is 1. The summed E-state index contributed by atoms with van der Waals surface area (Å²) in [6.45, 7) is 7.99. The number of halogens is 1. The first-order chi connectivity index (χ1) is 14.9.